The molecule has 1 unspecified atom stereocenters. The van der Waals surface area contributed by atoms with Gasteiger partial charge in [0.2, 0.25) is 0 Å². The van der Waals surface area contributed by atoms with Crippen LogP contribution in [0.5, 0.6) is 0 Å². The first-order valence-electron chi connectivity index (χ1n) is 13.2. The summed E-state index contributed by atoms with van der Waals surface area (Å²) in [5, 5.41) is 0. The highest BCUT2D eigenvalue weighted by Gasteiger charge is 2.53. The van der Waals surface area contributed by atoms with Crippen LogP contribution in [0.1, 0.15) is 45.2 Å². The normalized spacial score (nSPS) is 23.4. The van der Waals surface area contributed by atoms with E-state index in [0.29, 0.717) is 0 Å². The van der Waals surface area contributed by atoms with Crippen LogP contribution >= 0.6 is 0 Å². The zero-order valence-electron chi connectivity index (χ0n) is 23.3. The monoisotopic (exact) mass is 541 g/mol. The molecule has 39 heavy (non-hydrogen) atoms. The van der Waals surface area contributed by atoms with Crippen LogP contribution in [0.2, 0.25) is 0 Å². The molecule has 9 heteroatoms. The van der Waals surface area contributed by atoms with Crippen molar-refractivity contribution in [2.24, 2.45) is 17.8 Å². The number of rotatable bonds is 11. The highest BCUT2D eigenvalue weighted by Crippen LogP contribution is 2.41. The number of carbonyl (C=O) groups excluding carboxylic acids is 3. The first-order valence-corrected chi connectivity index (χ1v) is 13.2. The van der Waals surface area contributed by atoms with Crippen LogP contribution < -0.4 is 0 Å². The number of methoxy groups -OCH3 is 1. The van der Waals surface area contributed by atoms with Gasteiger partial charge in [0, 0.05) is 19.3 Å². The molecule has 0 spiro atoms. The molecule has 1 aliphatic heterocycles. The second-order valence-corrected chi connectivity index (χ2v) is 10.1. The molecule has 1 aliphatic rings. The second-order valence-electron chi connectivity index (χ2n) is 10.1. The summed E-state index contributed by atoms with van der Waals surface area (Å²) in [6.07, 6.45) is -0.824. The van der Waals surface area contributed by atoms with E-state index in [9.17, 15) is 14.4 Å². The van der Waals surface area contributed by atoms with E-state index in [2.05, 4.69) is 0 Å². The summed E-state index contributed by atoms with van der Waals surface area (Å²) in [5.74, 6) is -2.98. The second kappa shape index (κ2) is 14.1. The van der Waals surface area contributed by atoms with Crippen LogP contribution in [0.15, 0.2) is 60.7 Å². The molecule has 1 heterocycles. The Bertz CT molecular complexity index is 1080. The third-order valence-corrected chi connectivity index (χ3v) is 7.07. The Balaban J connectivity index is 1.80. The summed E-state index contributed by atoms with van der Waals surface area (Å²) in [7, 11) is 1.27. The molecule has 1 amide bonds. The predicted octanol–water partition coefficient (Wildman–Crippen LogP) is 4.93. The Kier molecular flexibility index (Phi) is 10.9. The van der Waals surface area contributed by atoms with Crippen molar-refractivity contribution in [2.45, 2.75) is 59.2 Å². The fourth-order valence-electron chi connectivity index (χ4n) is 4.69. The van der Waals surface area contributed by atoms with Gasteiger partial charge in [0.25, 0.3) is 5.79 Å². The molecule has 212 valence electrons. The number of carbonyl (C=O) groups is 3. The molecule has 1 fully saturated rings. The van der Waals surface area contributed by atoms with E-state index in [1.165, 1.54) is 18.9 Å². The number of ether oxygens (including phenoxy) is 5. The van der Waals surface area contributed by atoms with E-state index < -0.39 is 24.0 Å². The van der Waals surface area contributed by atoms with E-state index in [0.717, 1.165) is 11.1 Å². The third kappa shape index (κ3) is 8.28. The van der Waals surface area contributed by atoms with Crippen LogP contribution in [0.3, 0.4) is 0 Å². The van der Waals surface area contributed by atoms with Crippen molar-refractivity contribution in [3.8, 4) is 0 Å². The number of hydrogen-bond acceptors (Lipinski definition) is 8. The van der Waals surface area contributed by atoms with Gasteiger partial charge in [-0.15, -0.1) is 0 Å². The van der Waals surface area contributed by atoms with Crippen molar-refractivity contribution in [3.63, 3.8) is 0 Å². The maximum atomic E-state index is 13.2. The molecule has 0 bridgehead atoms. The summed E-state index contributed by atoms with van der Waals surface area (Å²) in [5.41, 5.74) is 1.71. The Morgan fingerprint density at radius 1 is 1.00 bits per heavy atom. The molecular weight excluding hydrogens is 502 g/mol. The summed E-state index contributed by atoms with van der Waals surface area (Å²) in [6, 6.07) is 18.8. The van der Waals surface area contributed by atoms with Gasteiger partial charge in [0.15, 0.2) is 0 Å². The van der Waals surface area contributed by atoms with Crippen molar-refractivity contribution in [3.05, 3.63) is 71.8 Å². The van der Waals surface area contributed by atoms with Gasteiger partial charge < -0.3 is 23.7 Å². The van der Waals surface area contributed by atoms with Crippen LogP contribution in [0, 0.1) is 17.8 Å². The zero-order valence-corrected chi connectivity index (χ0v) is 23.3. The molecule has 9 nitrogen and oxygen atoms in total. The first kappa shape index (κ1) is 30.1. The van der Waals surface area contributed by atoms with Gasteiger partial charge in [-0.25, -0.2) is 9.59 Å². The number of hydrogen-bond donors (Lipinski definition) is 0. The van der Waals surface area contributed by atoms with Gasteiger partial charge in [-0.2, -0.15) is 0 Å². The van der Waals surface area contributed by atoms with E-state index in [1.807, 2.05) is 81.4 Å². The predicted molar refractivity (Wildman–Crippen MR) is 143 cm³/mol. The van der Waals surface area contributed by atoms with Crippen molar-refractivity contribution < 1.29 is 38.1 Å². The van der Waals surface area contributed by atoms with Gasteiger partial charge in [-0.1, -0.05) is 81.4 Å². The molecule has 0 radical (unpaired) electrons. The Morgan fingerprint density at radius 2 is 1.62 bits per heavy atom. The first-order chi connectivity index (χ1) is 18.6. The summed E-state index contributed by atoms with van der Waals surface area (Å²) in [4.78, 5) is 39.1. The van der Waals surface area contributed by atoms with Crippen LogP contribution in [0.4, 0.5) is 4.79 Å². The Labute approximate surface area is 230 Å². The van der Waals surface area contributed by atoms with Crippen molar-refractivity contribution in [2.75, 3.05) is 20.4 Å². The average molecular weight is 542 g/mol. The van der Waals surface area contributed by atoms with E-state index in [-0.39, 0.29) is 56.6 Å². The number of esters is 2. The minimum Gasteiger partial charge on any atom is -0.465 e. The van der Waals surface area contributed by atoms with Gasteiger partial charge in [0.1, 0.15) is 13.3 Å². The molecule has 0 N–H and O–H groups in total. The fraction of sp³-hybridized carbons (Fsp3) is 0.500. The van der Waals surface area contributed by atoms with E-state index in [4.69, 9.17) is 23.7 Å². The maximum absolute atomic E-state index is 13.2. The number of amides is 1. The minimum absolute atomic E-state index is 0.00948. The largest absolute Gasteiger partial charge is 0.465 e. The maximum Gasteiger partial charge on any atom is 0.412 e. The van der Waals surface area contributed by atoms with Crippen LogP contribution in [0.25, 0.3) is 0 Å². The lowest BCUT2D eigenvalue weighted by molar-refractivity contribution is -0.310. The molecular formula is C30H39NO8. The lowest BCUT2D eigenvalue weighted by atomic mass is 9.78. The van der Waals surface area contributed by atoms with Crippen molar-refractivity contribution >= 4 is 18.0 Å². The number of nitrogens with zero attached hydrogens (tertiary/aromatic N) is 1. The van der Waals surface area contributed by atoms with Crippen LogP contribution in [-0.2, 0) is 46.4 Å². The lowest BCUT2D eigenvalue weighted by Gasteiger charge is -2.47. The Morgan fingerprint density at radius 3 is 2.21 bits per heavy atom. The smallest absolute Gasteiger partial charge is 0.412 e. The molecule has 3 rings (SSSR count). The minimum atomic E-state index is -1.75. The molecule has 2 aromatic rings. The SMILES string of the molecule is COC(=O)[C@@]1(OCN(Cc2ccccc2)C(=O)OCc2ccccc2)C[C@@H](C)[C@@H](C)C([C@H](C)COC(C)=O)O1. The van der Waals surface area contributed by atoms with Gasteiger partial charge in [-0.3, -0.25) is 9.69 Å². The van der Waals surface area contributed by atoms with Gasteiger partial charge in [0.05, 0.1) is 26.4 Å². The molecule has 0 saturated carbocycles. The average Bonchev–Trinajstić information content (AvgIpc) is 2.95. The third-order valence-electron chi connectivity index (χ3n) is 7.07. The summed E-state index contributed by atoms with van der Waals surface area (Å²) in [6.45, 7) is 7.44. The quantitative estimate of drug-likeness (QED) is 0.224. The highest BCUT2D eigenvalue weighted by molar-refractivity contribution is 5.78. The topological polar surface area (TPSA) is 101 Å². The standard InChI is InChI=1S/C30H39NO8/c1-21-16-30(28(33)35-5,39-27(23(21)3)22(2)18-36-24(4)32)38-20-31(17-25-12-8-6-9-13-25)29(34)37-19-26-14-10-7-11-15-26/h6-15,21-23,27H,16-20H2,1-5H3/t21-,22-,23-,27?,30-/m1/s1. The van der Waals surface area contributed by atoms with Crippen LogP contribution in [-0.4, -0.2) is 55.3 Å². The Hall–Kier alpha value is -3.43. The zero-order chi connectivity index (χ0) is 28.4. The molecule has 1 saturated heterocycles. The highest BCUT2D eigenvalue weighted by atomic mass is 16.7. The summed E-state index contributed by atoms with van der Waals surface area (Å²) >= 11 is 0. The van der Waals surface area contributed by atoms with Gasteiger partial charge in [-0.05, 0) is 23.0 Å². The number of benzene rings is 2. The van der Waals surface area contributed by atoms with Crippen molar-refractivity contribution in [1.29, 1.82) is 0 Å². The molecule has 0 aromatic heterocycles. The summed E-state index contributed by atoms with van der Waals surface area (Å²) < 4.78 is 28.4. The molecule has 2 aromatic carbocycles. The van der Waals surface area contributed by atoms with Gasteiger partial charge >= 0.3 is 18.0 Å². The van der Waals surface area contributed by atoms with E-state index >= 15 is 0 Å². The molecule has 5 atom stereocenters. The fourth-order valence-corrected chi connectivity index (χ4v) is 4.69. The lowest BCUT2D eigenvalue weighted by Crippen LogP contribution is -2.58. The molecule has 0 aliphatic carbocycles. The van der Waals surface area contributed by atoms with E-state index in [1.54, 1.807) is 0 Å². The van der Waals surface area contributed by atoms with Crippen molar-refractivity contribution in [1.82, 2.24) is 4.90 Å².